The molecule has 0 unspecified atom stereocenters. The van der Waals surface area contributed by atoms with Gasteiger partial charge in [-0.25, -0.2) is 4.98 Å². The van der Waals surface area contributed by atoms with Gasteiger partial charge in [-0.3, -0.25) is 0 Å². The quantitative estimate of drug-likeness (QED) is 0.925. The molecular weight excluding hydrogens is 246 g/mol. The standard InChI is InChI=1S/C13H17N3OS/c1-17-12-3-2-10-13(16-12)15-11(14-10)8-9-4-6-18-7-5-9/h2-3,9H,4-8H2,1H3,(H,14,15,16). The number of imidazole rings is 1. The Hall–Kier alpha value is -1.23. The molecule has 18 heavy (non-hydrogen) atoms. The molecule has 1 N–H and O–H groups in total. The van der Waals surface area contributed by atoms with Gasteiger partial charge in [-0.05, 0) is 36.3 Å². The summed E-state index contributed by atoms with van der Waals surface area (Å²) in [6.45, 7) is 0. The third kappa shape index (κ3) is 2.46. The second-order valence-electron chi connectivity index (χ2n) is 4.67. The van der Waals surface area contributed by atoms with Crippen molar-refractivity contribution >= 4 is 22.9 Å². The van der Waals surface area contributed by atoms with Crippen LogP contribution in [0.3, 0.4) is 0 Å². The molecule has 0 spiro atoms. The minimum atomic E-state index is 0.620. The normalized spacial score (nSPS) is 17.2. The highest BCUT2D eigenvalue weighted by atomic mass is 32.2. The van der Waals surface area contributed by atoms with E-state index < -0.39 is 0 Å². The Morgan fingerprint density at radius 3 is 2.94 bits per heavy atom. The van der Waals surface area contributed by atoms with Crippen molar-refractivity contribution < 1.29 is 4.74 Å². The zero-order valence-corrected chi connectivity index (χ0v) is 11.3. The minimum Gasteiger partial charge on any atom is -0.481 e. The first-order chi connectivity index (χ1) is 8.85. The number of pyridine rings is 1. The van der Waals surface area contributed by atoms with Crippen LogP contribution in [0.4, 0.5) is 0 Å². The van der Waals surface area contributed by atoms with Crippen LogP contribution >= 0.6 is 11.8 Å². The van der Waals surface area contributed by atoms with Crippen LogP contribution in [0, 0.1) is 5.92 Å². The molecule has 0 amide bonds. The molecule has 96 valence electrons. The summed E-state index contributed by atoms with van der Waals surface area (Å²) >= 11 is 2.06. The average molecular weight is 263 g/mol. The Morgan fingerprint density at radius 1 is 1.33 bits per heavy atom. The minimum absolute atomic E-state index is 0.620. The highest BCUT2D eigenvalue weighted by Gasteiger charge is 2.16. The smallest absolute Gasteiger partial charge is 0.215 e. The number of aromatic nitrogens is 3. The molecule has 1 aliphatic rings. The van der Waals surface area contributed by atoms with E-state index in [0.717, 1.165) is 29.3 Å². The number of hydrogen-bond donors (Lipinski definition) is 1. The maximum Gasteiger partial charge on any atom is 0.215 e. The fourth-order valence-electron chi connectivity index (χ4n) is 2.36. The van der Waals surface area contributed by atoms with Gasteiger partial charge in [0.25, 0.3) is 0 Å². The monoisotopic (exact) mass is 263 g/mol. The van der Waals surface area contributed by atoms with Gasteiger partial charge in [-0.15, -0.1) is 0 Å². The predicted octanol–water partition coefficient (Wildman–Crippen LogP) is 2.65. The summed E-state index contributed by atoms with van der Waals surface area (Å²) in [5.41, 5.74) is 1.76. The number of H-pyrrole nitrogens is 1. The third-order valence-corrected chi connectivity index (χ3v) is 4.45. The van der Waals surface area contributed by atoms with E-state index in [1.807, 2.05) is 12.1 Å². The van der Waals surface area contributed by atoms with Crippen molar-refractivity contribution in [2.45, 2.75) is 19.3 Å². The summed E-state index contributed by atoms with van der Waals surface area (Å²) in [7, 11) is 1.63. The fourth-order valence-corrected chi connectivity index (χ4v) is 3.56. The van der Waals surface area contributed by atoms with Crippen molar-refractivity contribution in [3.05, 3.63) is 18.0 Å². The first kappa shape index (κ1) is 11.8. The topological polar surface area (TPSA) is 50.8 Å². The van der Waals surface area contributed by atoms with Crippen LogP contribution in [0.5, 0.6) is 5.88 Å². The van der Waals surface area contributed by atoms with E-state index in [-0.39, 0.29) is 0 Å². The molecule has 2 aromatic heterocycles. The number of hydrogen-bond acceptors (Lipinski definition) is 4. The predicted molar refractivity (Wildman–Crippen MR) is 74.2 cm³/mol. The molecule has 1 fully saturated rings. The van der Waals surface area contributed by atoms with Crippen molar-refractivity contribution in [1.82, 2.24) is 15.0 Å². The van der Waals surface area contributed by atoms with Gasteiger partial charge in [0.2, 0.25) is 5.88 Å². The van der Waals surface area contributed by atoms with Crippen LogP contribution in [0.2, 0.25) is 0 Å². The van der Waals surface area contributed by atoms with E-state index in [9.17, 15) is 0 Å². The number of nitrogens with one attached hydrogen (secondary N) is 1. The second-order valence-corrected chi connectivity index (χ2v) is 5.89. The molecule has 3 heterocycles. The van der Waals surface area contributed by atoms with E-state index >= 15 is 0 Å². The molecule has 0 atom stereocenters. The van der Waals surface area contributed by atoms with E-state index in [1.165, 1.54) is 24.3 Å². The van der Waals surface area contributed by atoms with Crippen molar-refractivity contribution in [3.63, 3.8) is 0 Å². The molecule has 1 aliphatic heterocycles. The molecule has 1 saturated heterocycles. The maximum absolute atomic E-state index is 5.11. The number of aromatic amines is 1. The summed E-state index contributed by atoms with van der Waals surface area (Å²) in [6, 6.07) is 3.84. The van der Waals surface area contributed by atoms with Gasteiger partial charge in [0.05, 0.1) is 12.6 Å². The Kier molecular flexibility index (Phi) is 3.41. The highest BCUT2D eigenvalue weighted by Crippen LogP contribution is 2.25. The van der Waals surface area contributed by atoms with E-state index in [2.05, 4.69) is 26.7 Å². The number of fused-ring (bicyclic) bond motifs is 1. The summed E-state index contributed by atoms with van der Waals surface area (Å²) in [4.78, 5) is 12.3. The van der Waals surface area contributed by atoms with Crippen LogP contribution in [0.15, 0.2) is 12.1 Å². The van der Waals surface area contributed by atoms with Gasteiger partial charge in [0.15, 0.2) is 5.65 Å². The summed E-state index contributed by atoms with van der Waals surface area (Å²) in [6.07, 6.45) is 3.65. The average Bonchev–Trinajstić information content (AvgIpc) is 2.80. The highest BCUT2D eigenvalue weighted by molar-refractivity contribution is 7.99. The molecule has 0 aromatic carbocycles. The van der Waals surface area contributed by atoms with Crippen molar-refractivity contribution in [1.29, 1.82) is 0 Å². The Bertz CT molecular complexity index is 534. The summed E-state index contributed by atoms with van der Waals surface area (Å²) in [5, 5.41) is 0. The van der Waals surface area contributed by atoms with E-state index in [1.54, 1.807) is 7.11 Å². The fraction of sp³-hybridized carbons (Fsp3) is 0.538. The van der Waals surface area contributed by atoms with Gasteiger partial charge < -0.3 is 9.72 Å². The zero-order chi connectivity index (χ0) is 12.4. The Balaban J connectivity index is 1.79. The molecule has 0 radical (unpaired) electrons. The number of nitrogens with zero attached hydrogens (tertiary/aromatic N) is 2. The lowest BCUT2D eigenvalue weighted by molar-refractivity contribution is 0.399. The lowest BCUT2D eigenvalue weighted by Crippen LogP contribution is -2.12. The molecule has 0 aliphatic carbocycles. The van der Waals surface area contributed by atoms with Crippen molar-refractivity contribution in [2.24, 2.45) is 5.92 Å². The molecule has 5 heteroatoms. The second kappa shape index (κ2) is 5.18. The first-order valence-corrected chi connectivity index (χ1v) is 7.48. The van der Waals surface area contributed by atoms with Crippen molar-refractivity contribution in [2.75, 3.05) is 18.6 Å². The number of ether oxygens (including phenoxy) is 1. The van der Waals surface area contributed by atoms with E-state index in [4.69, 9.17) is 4.74 Å². The van der Waals surface area contributed by atoms with Crippen LogP contribution in [-0.2, 0) is 6.42 Å². The van der Waals surface area contributed by atoms with Crippen LogP contribution in [0.25, 0.3) is 11.2 Å². The van der Waals surface area contributed by atoms with Crippen LogP contribution in [0.1, 0.15) is 18.7 Å². The van der Waals surface area contributed by atoms with E-state index in [0.29, 0.717) is 5.88 Å². The third-order valence-electron chi connectivity index (χ3n) is 3.40. The zero-order valence-electron chi connectivity index (χ0n) is 10.5. The number of methoxy groups -OCH3 is 1. The van der Waals surface area contributed by atoms with Gasteiger partial charge in [-0.1, -0.05) is 0 Å². The Morgan fingerprint density at radius 2 is 2.17 bits per heavy atom. The number of rotatable bonds is 3. The molecule has 0 bridgehead atoms. The van der Waals surface area contributed by atoms with Crippen LogP contribution in [-0.4, -0.2) is 33.6 Å². The summed E-state index contributed by atoms with van der Waals surface area (Å²) in [5.74, 6) is 5.03. The maximum atomic E-state index is 5.11. The molecule has 4 nitrogen and oxygen atoms in total. The SMILES string of the molecule is COc1ccc2[nH]c(CC3CCSCC3)nc2n1. The largest absolute Gasteiger partial charge is 0.481 e. The molecule has 2 aromatic rings. The molecular formula is C13H17N3OS. The first-order valence-electron chi connectivity index (χ1n) is 6.32. The van der Waals surface area contributed by atoms with Gasteiger partial charge in [-0.2, -0.15) is 16.7 Å². The van der Waals surface area contributed by atoms with Crippen LogP contribution < -0.4 is 4.74 Å². The van der Waals surface area contributed by atoms with Gasteiger partial charge in [0, 0.05) is 12.5 Å². The van der Waals surface area contributed by atoms with Crippen molar-refractivity contribution in [3.8, 4) is 5.88 Å². The molecule has 0 saturated carbocycles. The lowest BCUT2D eigenvalue weighted by atomic mass is 9.99. The van der Waals surface area contributed by atoms with Gasteiger partial charge in [0.1, 0.15) is 5.82 Å². The van der Waals surface area contributed by atoms with Gasteiger partial charge >= 0.3 is 0 Å². The lowest BCUT2D eigenvalue weighted by Gasteiger charge is -2.19. The Labute approximate surface area is 111 Å². The molecule has 3 rings (SSSR count). The summed E-state index contributed by atoms with van der Waals surface area (Å²) < 4.78 is 5.11. The number of thioether (sulfide) groups is 1.